The average Bonchev–Trinajstić information content (AvgIpc) is 1.43. The van der Waals surface area contributed by atoms with E-state index < -0.39 is 31.7 Å². The summed E-state index contributed by atoms with van der Waals surface area (Å²) in [4.78, 5) is 0. The minimum Gasteiger partial charge on any atom is -0.212 e. The fourth-order valence-corrected chi connectivity index (χ4v) is 3.34. The van der Waals surface area contributed by atoms with Crippen LogP contribution in [0.3, 0.4) is 0 Å². The van der Waals surface area contributed by atoms with E-state index in [0.29, 0.717) is 13.2 Å². The van der Waals surface area contributed by atoms with Gasteiger partial charge in [-0.3, -0.25) is 0 Å². The second kappa shape index (κ2) is 3.46. The highest BCUT2D eigenvalue weighted by molar-refractivity contribution is 8.04. The molecule has 0 bridgehead atoms. The van der Waals surface area contributed by atoms with Crippen LogP contribution in [0.5, 0.6) is 0 Å². The second-order valence-corrected chi connectivity index (χ2v) is 6.41. The number of hydrogen-bond donors (Lipinski definition) is 1. The molecule has 80 valence electrons. The van der Waals surface area contributed by atoms with E-state index >= 15 is 0 Å². The maximum atomic E-state index is 12.2. The van der Waals surface area contributed by atoms with Crippen molar-refractivity contribution in [2.24, 2.45) is 0 Å². The predicted molar refractivity (Wildman–Crippen MR) is 42.4 cm³/mol. The smallest absolute Gasteiger partial charge is 0.212 e. The van der Waals surface area contributed by atoms with Crippen LogP contribution in [0.1, 0.15) is 6.92 Å². The molecule has 13 heavy (non-hydrogen) atoms. The van der Waals surface area contributed by atoms with E-state index in [2.05, 4.69) is 0 Å². The summed E-state index contributed by atoms with van der Waals surface area (Å²) in [5, 5.41) is 0. The Morgan fingerprint density at radius 2 is 1.62 bits per heavy atom. The van der Waals surface area contributed by atoms with E-state index in [-0.39, 0.29) is 0 Å². The monoisotopic (exact) mass is 237 g/mol. The van der Waals surface area contributed by atoms with Gasteiger partial charge in [0.2, 0.25) is 20.0 Å². The SMILES string of the molecule is CC(F)(F)CS(=O)(=O)NS(C)(=O)=O. The fraction of sp³-hybridized carbons (Fsp3) is 1.00. The normalized spacial score (nSPS) is 14.5. The minimum absolute atomic E-state index is 0.383. The van der Waals surface area contributed by atoms with Gasteiger partial charge in [0.15, 0.2) is 0 Å². The molecule has 0 heterocycles. The van der Waals surface area contributed by atoms with Crippen LogP contribution >= 0.6 is 0 Å². The van der Waals surface area contributed by atoms with Crippen LogP contribution in [0.25, 0.3) is 0 Å². The molecule has 0 atom stereocenters. The number of rotatable bonds is 4. The van der Waals surface area contributed by atoms with Crippen molar-refractivity contribution >= 4 is 20.0 Å². The Kier molecular flexibility index (Phi) is 3.39. The highest BCUT2D eigenvalue weighted by Gasteiger charge is 2.31. The van der Waals surface area contributed by atoms with Crippen molar-refractivity contribution < 1.29 is 25.6 Å². The zero-order valence-corrected chi connectivity index (χ0v) is 8.55. The summed E-state index contributed by atoms with van der Waals surface area (Å²) in [5.74, 6) is -5.01. The van der Waals surface area contributed by atoms with Crippen LogP contribution in [0, 0.1) is 0 Å². The Morgan fingerprint density at radius 3 is 1.85 bits per heavy atom. The van der Waals surface area contributed by atoms with Crippen molar-refractivity contribution in [3.63, 3.8) is 0 Å². The molecule has 0 aromatic heterocycles. The van der Waals surface area contributed by atoms with Crippen LogP contribution in [-0.4, -0.2) is 34.8 Å². The maximum absolute atomic E-state index is 12.2. The summed E-state index contributed by atoms with van der Waals surface area (Å²) in [6.07, 6.45) is 0.568. The molecule has 1 N–H and O–H groups in total. The van der Waals surface area contributed by atoms with E-state index in [1.807, 2.05) is 0 Å². The molecule has 0 radical (unpaired) electrons. The summed E-state index contributed by atoms with van der Waals surface area (Å²) in [6.45, 7) is 0.383. The van der Waals surface area contributed by atoms with Gasteiger partial charge in [0.1, 0.15) is 5.75 Å². The minimum atomic E-state index is -4.48. The van der Waals surface area contributed by atoms with Gasteiger partial charge in [-0.1, -0.05) is 0 Å². The highest BCUT2D eigenvalue weighted by atomic mass is 32.3. The molecule has 0 aliphatic carbocycles. The van der Waals surface area contributed by atoms with Crippen molar-refractivity contribution in [3.05, 3.63) is 0 Å². The molecule has 0 rings (SSSR count). The molecule has 5 nitrogen and oxygen atoms in total. The van der Waals surface area contributed by atoms with Crippen LogP contribution in [-0.2, 0) is 20.0 Å². The maximum Gasteiger partial charge on any atom is 0.260 e. The lowest BCUT2D eigenvalue weighted by molar-refractivity contribution is 0.0473. The third kappa shape index (κ3) is 8.06. The molecule has 0 amide bonds. The Morgan fingerprint density at radius 1 is 1.23 bits per heavy atom. The summed E-state index contributed by atoms with van der Waals surface area (Å²) < 4.78 is 67.7. The van der Waals surface area contributed by atoms with Crippen molar-refractivity contribution in [1.29, 1.82) is 0 Å². The van der Waals surface area contributed by atoms with Gasteiger partial charge in [-0.05, 0) is 0 Å². The molecule has 0 aliphatic rings. The van der Waals surface area contributed by atoms with E-state index in [9.17, 15) is 25.6 Å². The first kappa shape index (κ1) is 12.7. The Hall–Kier alpha value is -0.280. The van der Waals surface area contributed by atoms with E-state index in [0.717, 1.165) is 4.13 Å². The van der Waals surface area contributed by atoms with E-state index in [1.54, 1.807) is 0 Å². The molecule has 0 fully saturated rings. The van der Waals surface area contributed by atoms with Crippen LogP contribution in [0.4, 0.5) is 8.78 Å². The number of halogens is 2. The average molecular weight is 237 g/mol. The molecule has 0 aromatic rings. The quantitative estimate of drug-likeness (QED) is 0.716. The summed E-state index contributed by atoms with van der Waals surface area (Å²) >= 11 is 0. The Bertz CT molecular complexity index is 365. The number of nitrogens with one attached hydrogen (secondary N) is 1. The molecular formula is C4H9F2NO4S2. The van der Waals surface area contributed by atoms with Gasteiger partial charge in [0.25, 0.3) is 5.92 Å². The van der Waals surface area contributed by atoms with Gasteiger partial charge in [-0.15, -0.1) is 4.13 Å². The van der Waals surface area contributed by atoms with Gasteiger partial charge in [0, 0.05) is 6.92 Å². The number of hydrogen-bond acceptors (Lipinski definition) is 4. The van der Waals surface area contributed by atoms with Gasteiger partial charge in [-0.25, -0.2) is 25.6 Å². The molecule has 0 spiro atoms. The largest absolute Gasteiger partial charge is 0.260 e. The zero-order chi connectivity index (χ0) is 10.9. The molecule has 0 saturated heterocycles. The lowest BCUT2D eigenvalue weighted by atomic mass is 10.5. The molecular weight excluding hydrogens is 228 g/mol. The summed E-state index contributed by atoms with van der Waals surface area (Å²) in [7, 11) is -8.51. The summed E-state index contributed by atoms with van der Waals surface area (Å²) in [6, 6.07) is 0. The van der Waals surface area contributed by atoms with Crippen molar-refractivity contribution in [3.8, 4) is 0 Å². The fourth-order valence-electron chi connectivity index (χ4n) is 0.594. The molecule has 0 saturated carbocycles. The number of alkyl halides is 2. The first-order valence-electron chi connectivity index (χ1n) is 3.00. The first-order valence-corrected chi connectivity index (χ1v) is 6.55. The van der Waals surface area contributed by atoms with E-state index in [1.165, 1.54) is 0 Å². The molecule has 0 aliphatic heterocycles. The van der Waals surface area contributed by atoms with Crippen molar-refractivity contribution in [2.45, 2.75) is 12.8 Å². The van der Waals surface area contributed by atoms with Gasteiger partial charge < -0.3 is 0 Å². The van der Waals surface area contributed by atoms with Crippen LogP contribution < -0.4 is 4.13 Å². The van der Waals surface area contributed by atoms with Gasteiger partial charge >= 0.3 is 0 Å². The molecule has 0 unspecified atom stereocenters. The first-order chi connectivity index (χ1) is 5.41. The predicted octanol–water partition coefficient (Wildman–Crippen LogP) is -0.479. The molecule has 0 aromatic carbocycles. The Balaban J connectivity index is 4.65. The summed E-state index contributed by atoms with van der Waals surface area (Å²) in [5.41, 5.74) is 0. The standard InChI is InChI=1S/C4H9F2NO4S2/c1-4(5,6)3-13(10,11)7-12(2,8)9/h7H,3H2,1-2H3. The topological polar surface area (TPSA) is 80.3 Å². The Labute approximate surface area is 75.2 Å². The van der Waals surface area contributed by atoms with Gasteiger partial charge in [-0.2, -0.15) is 0 Å². The van der Waals surface area contributed by atoms with Crippen molar-refractivity contribution in [1.82, 2.24) is 4.13 Å². The zero-order valence-electron chi connectivity index (χ0n) is 6.91. The van der Waals surface area contributed by atoms with E-state index in [4.69, 9.17) is 0 Å². The lowest BCUT2D eigenvalue weighted by Gasteiger charge is -2.10. The van der Waals surface area contributed by atoms with Gasteiger partial charge in [0.05, 0.1) is 6.26 Å². The third-order valence-electron chi connectivity index (χ3n) is 0.722. The van der Waals surface area contributed by atoms with Crippen molar-refractivity contribution in [2.75, 3.05) is 12.0 Å². The molecule has 9 heteroatoms. The van der Waals surface area contributed by atoms with Crippen LogP contribution in [0.15, 0.2) is 0 Å². The third-order valence-corrected chi connectivity index (χ3v) is 3.84. The van der Waals surface area contributed by atoms with Crippen LogP contribution in [0.2, 0.25) is 0 Å². The second-order valence-electron chi connectivity index (χ2n) is 2.68. The highest BCUT2D eigenvalue weighted by Crippen LogP contribution is 2.13. The number of sulfonamides is 2. The lowest BCUT2D eigenvalue weighted by Crippen LogP contribution is -2.37.